The molecule has 0 aliphatic carbocycles. The summed E-state index contributed by atoms with van der Waals surface area (Å²) in [6, 6.07) is 0. The smallest absolute Gasteiger partial charge is 0.308 e. The fourth-order valence-corrected chi connectivity index (χ4v) is 3.20. The summed E-state index contributed by atoms with van der Waals surface area (Å²) in [6.07, 6.45) is 3.87. The van der Waals surface area contributed by atoms with Gasteiger partial charge in [0.15, 0.2) is 0 Å². The molecule has 1 aromatic heterocycles. The molecular weight excluding hydrogens is 318 g/mol. The van der Waals surface area contributed by atoms with Gasteiger partial charge in [0.25, 0.3) is 0 Å². The van der Waals surface area contributed by atoms with E-state index in [9.17, 15) is 14.4 Å². The van der Waals surface area contributed by atoms with Crippen molar-refractivity contribution in [2.75, 3.05) is 26.7 Å². The Hall–Kier alpha value is -1.96. The molecule has 0 saturated carbocycles. The zero-order valence-electron chi connectivity index (χ0n) is 13.1. The molecule has 1 saturated heterocycles. The molecule has 0 bridgehead atoms. The molecule has 0 spiro atoms. The van der Waals surface area contributed by atoms with E-state index in [1.165, 1.54) is 16.2 Å². The largest absolute Gasteiger partial charge is 0.481 e. The molecule has 23 heavy (non-hydrogen) atoms. The van der Waals surface area contributed by atoms with Crippen LogP contribution in [-0.2, 0) is 20.8 Å². The summed E-state index contributed by atoms with van der Waals surface area (Å²) in [5, 5.41) is 11.8. The van der Waals surface area contributed by atoms with E-state index in [2.05, 4.69) is 4.98 Å². The maximum absolute atomic E-state index is 12.2. The monoisotopic (exact) mass is 339 g/mol. The molecule has 1 N–H and O–H groups in total. The zero-order chi connectivity index (χ0) is 16.8. The Labute approximate surface area is 138 Å². The molecule has 7 nitrogen and oxygen atoms in total. The van der Waals surface area contributed by atoms with Crippen molar-refractivity contribution in [3.8, 4) is 0 Å². The number of hydrogen-bond acceptors (Lipinski definition) is 5. The number of piperidine rings is 1. The molecule has 2 amide bonds. The topological polar surface area (TPSA) is 90.8 Å². The van der Waals surface area contributed by atoms with Gasteiger partial charge < -0.3 is 14.9 Å². The van der Waals surface area contributed by atoms with Crippen molar-refractivity contribution in [2.24, 2.45) is 5.92 Å². The second-order valence-electron chi connectivity index (χ2n) is 5.69. The van der Waals surface area contributed by atoms with Crippen LogP contribution in [0.1, 0.15) is 24.3 Å². The summed E-state index contributed by atoms with van der Waals surface area (Å²) in [5.74, 6) is -1.67. The van der Waals surface area contributed by atoms with Gasteiger partial charge in [-0.15, -0.1) is 11.3 Å². The minimum absolute atomic E-state index is 0.0109. The number of amides is 2. The first-order valence-electron chi connectivity index (χ1n) is 7.60. The number of aromatic nitrogens is 1. The van der Waals surface area contributed by atoms with Crippen LogP contribution in [0.4, 0.5) is 0 Å². The number of aliphatic carboxylic acids is 1. The second-order valence-corrected chi connectivity index (χ2v) is 6.67. The number of carbonyl (C=O) groups is 3. The predicted octanol–water partition coefficient (Wildman–Crippen LogP) is 0.857. The molecule has 1 fully saturated rings. The quantitative estimate of drug-likeness (QED) is 0.830. The molecule has 1 atom stereocenters. The van der Waals surface area contributed by atoms with Crippen LogP contribution in [0.3, 0.4) is 0 Å². The average Bonchev–Trinajstić information content (AvgIpc) is 3.06. The van der Waals surface area contributed by atoms with Crippen molar-refractivity contribution < 1.29 is 19.5 Å². The van der Waals surface area contributed by atoms with E-state index < -0.39 is 11.9 Å². The first kappa shape index (κ1) is 17.4. The lowest BCUT2D eigenvalue weighted by atomic mass is 9.98. The summed E-state index contributed by atoms with van der Waals surface area (Å²) in [7, 11) is 1.60. The molecule has 0 radical (unpaired) electrons. The molecule has 126 valence electrons. The number of carboxylic acid groups (broad SMARTS) is 1. The normalized spacial score (nSPS) is 17.8. The van der Waals surface area contributed by atoms with Crippen LogP contribution in [0.2, 0.25) is 0 Å². The van der Waals surface area contributed by atoms with E-state index in [1.54, 1.807) is 18.1 Å². The van der Waals surface area contributed by atoms with E-state index in [0.29, 0.717) is 32.2 Å². The third-order valence-electron chi connectivity index (χ3n) is 3.96. The van der Waals surface area contributed by atoms with E-state index >= 15 is 0 Å². The van der Waals surface area contributed by atoms with E-state index in [-0.39, 0.29) is 24.9 Å². The number of aryl methyl sites for hydroxylation is 1. The van der Waals surface area contributed by atoms with Crippen LogP contribution in [0.5, 0.6) is 0 Å². The highest BCUT2D eigenvalue weighted by Crippen LogP contribution is 2.17. The lowest BCUT2D eigenvalue weighted by Gasteiger charge is -2.32. The van der Waals surface area contributed by atoms with Gasteiger partial charge in [-0.3, -0.25) is 14.4 Å². The third kappa shape index (κ3) is 5.02. The van der Waals surface area contributed by atoms with E-state index in [4.69, 9.17) is 5.11 Å². The van der Waals surface area contributed by atoms with Gasteiger partial charge >= 0.3 is 5.97 Å². The maximum atomic E-state index is 12.2. The molecule has 8 heteroatoms. The van der Waals surface area contributed by atoms with Gasteiger partial charge in [0, 0.05) is 44.6 Å². The Kier molecular flexibility index (Phi) is 6.09. The first-order valence-corrected chi connectivity index (χ1v) is 8.48. The highest BCUT2D eigenvalue weighted by molar-refractivity contribution is 7.09. The first-order chi connectivity index (χ1) is 11.0. The number of nitrogens with zero attached hydrogens (tertiary/aromatic N) is 3. The lowest BCUT2D eigenvalue weighted by molar-refractivity contribution is -0.147. The van der Waals surface area contributed by atoms with Crippen LogP contribution in [0.15, 0.2) is 11.6 Å². The molecule has 1 aliphatic heterocycles. The Morgan fingerprint density at radius 3 is 2.91 bits per heavy atom. The number of likely N-dealkylation sites (tertiary alicyclic amines) is 1. The summed E-state index contributed by atoms with van der Waals surface area (Å²) in [4.78, 5) is 42.4. The summed E-state index contributed by atoms with van der Waals surface area (Å²) in [6.45, 7) is 0.780. The number of carbonyl (C=O) groups excluding carboxylic acids is 2. The van der Waals surface area contributed by atoms with E-state index in [0.717, 1.165) is 5.01 Å². The van der Waals surface area contributed by atoms with E-state index in [1.807, 2.05) is 5.38 Å². The van der Waals surface area contributed by atoms with Gasteiger partial charge in [-0.25, -0.2) is 4.98 Å². The van der Waals surface area contributed by atoms with Crippen molar-refractivity contribution in [2.45, 2.75) is 25.7 Å². The van der Waals surface area contributed by atoms with Gasteiger partial charge in [0.05, 0.1) is 17.5 Å². The standard InChI is InChI=1S/C15H21N3O4S/c1-17(13(19)5-4-12-16-6-8-23-12)10-14(20)18-7-2-3-11(9-18)15(21)22/h6,8,11H,2-5,7,9-10H2,1H3,(H,21,22). The van der Waals surface area contributed by atoms with Crippen molar-refractivity contribution in [3.05, 3.63) is 16.6 Å². The van der Waals surface area contributed by atoms with Crippen molar-refractivity contribution in [1.29, 1.82) is 0 Å². The molecular formula is C15H21N3O4S. The predicted molar refractivity (Wildman–Crippen MR) is 85.0 cm³/mol. The van der Waals surface area contributed by atoms with Gasteiger partial charge in [-0.05, 0) is 12.8 Å². The minimum Gasteiger partial charge on any atom is -0.481 e. The van der Waals surface area contributed by atoms with Crippen LogP contribution in [0, 0.1) is 5.92 Å². The lowest BCUT2D eigenvalue weighted by Crippen LogP contribution is -2.46. The fraction of sp³-hybridized carbons (Fsp3) is 0.600. The van der Waals surface area contributed by atoms with Crippen LogP contribution in [-0.4, -0.2) is 64.4 Å². The Morgan fingerprint density at radius 2 is 2.26 bits per heavy atom. The molecule has 0 aromatic carbocycles. The highest BCUT2D eigenvalue weighted by atomic mass is 32.1. The number of carboxylic acids is 1. The number of likely N-dealkylation sites (N-methyl/N-ethyl adjacent to an activating group) is 1. The van der Waals surface area contributed by atoms with Crippen molar-refractivity contribution in [3.63, 3.8) is 0 Å². The Balaban J connectivity index is 1.79. The van der Waals surface area contributed by atoms with Gasteiger partial charge in [-0.2, -0.15) is 0 Å². The molecule has 1 unspecified atom stereocenters. The number of thiazole rings is 1. The number of rotatable bonds is 6. The zero-order valence-corrected chi connectivity index (χ0v) is 13.9. The summed E-state index contributed by atoms with van der Waals surface area (Å²) < 4.78 is 0. The highest BCUT2D eigenvalue weighted by Gasteiger charge is 2.28. The maximum Gasteiger partial charge on any atom is 0.308 e. The Morgan fingerprint density at radius 1 is 1.48 bits per heavy atom. The Bertz CT molecular complexity index is 561. The summed E-state index contributed by atoms with van der Waals surface area (Å²) in [5.41, 5.74) is 0. The second kappa shape index (κ2) is 8.05. The van der Waals surface area contributed by atoms with Gasteiger partial charge in [0.1, 0.15) is 0 Å². The third-order valence-corrected chi connectivity index (χ3v) is 4.80. The molecule has 1 aliphatic rings. The van der Waals surface area contributed by atoms with Gasteiger partial charge in [-0.1, -0.05) is 0 Å². The molecule has 2 rings (SSSR count). The summed E-state index contributed by atoms with van der Waals surface area (Å²) >= 11 is 1.50. The van der Waals surface area contributed by atoms with Crippen LogP contribution >= 0.6 is 11.3 Å². The van der Waals surface area contributed by atoms with Gasteiger partial charge in [0.2, 0.25) is 11.8 Å². The van der Waals surface area contributed by atoms with Crippen LogP contribution < -0.4 is 0 Å². The fourth-order valence-electron chi connectivity index (χ4n) is 2.58. The SMILES string of the molecule is CN(CC(=O)N1CCCC(C(=O)O)C1)C(=O)CCc1nccs1. The van der Waals surface area contributed by atoms with Crippen LogP contribution in [0.25, 0.3) is 0 Å². The minimum atomic E-state index is -0.865. The van der Waals surface area contributed by atoms with Crippen molar-refractivity contribution in [1.82, 2.24) is 14.8 Å². The average molecular weight is 339 g/mol. The van der Waals surface area contributed by atoms with Crippen molar-refractivity contribution >= 4 is 29.1 Å². The number of hydrogen-bond donors (Lipinski definition) is 1. The molecule has 2 heterocycles. The molecule has 1 aromatic rings.